The molecule has 0 spiro atoms. The molecule has 0 aromatic heterocycles. The molecule has 0 N–H and O–H groups in total. The maximum Gasteiger partial charge on any atom is 0.209 e. The monoisotopic (exact) mass is 551 g/mol. The quantitative estimate of drug-likeness (QED) is 0.160. The van der Waals surface area contributed by atoms with Gasteiger partial charge in [0.25, 0.3) is 0 Å². The molecule has 5 rings (SSSR count). The van der Waals surface area contributed by atoms with Gasteiger partial charge in [-0.05, 0) is 56.0 Å². The highest BCUT2D eigenvalue weighted by molar-refractivity contribution is 6.03. The highest BCUT2D eigenvalue weighted by Gasteiger charge is 2.44. The number of benzene rings is 2. The zero-order chi connectivity index (χ0) is 29.0. The van der Waals surface area contributed by atoms with Crippen LogP contribution in [-0.2, 0) is 26.7 Å². The Morgan fingerprint density at radius 2 is 1.76 bits per heavy atom. The molecule has 41 heavy (non-hydrogen) atoms. The summed E-state index contributed by atoms with van der Waals surface area (Å²) in [6.07, 6.45) is 17.1. The Balaban J connectivity index is 1.42. The molecule has 0 bridgehead atoms. The largest absolute Gasteiger partial charge is 0.350 e. The fourth-order valence-electron chi connectivity index (χ4n) is 6.68. The van der Waals surface area contributed by atoms with Gasteiger partial charge >= 0.3 is 0 Å². The Bertz CT molecular complexity index is 1390. The van der Waals surface area contributed by atoms with Crippen LogP contribution in [0.4, 0.5) is 11.4 Å². The molecule has 2 aromatic carbocycles. The topological polar surface area (TPSA) is 24.7 Å². The molecule has 3 aliphatic rings. The summed E-state index contributed by atoms with van der Waals surface area (Å²) in [6, 6.07) is 15.8. The summed E-state index contributed by atoms with van der Waals surface area (Å²) in [5.41, 5.74) is 9.33. The average Bonchev–Trinajstić information content (AvgIpc) is 3.61. The van der Waals surface area contributed by atoms with E-state index in [4.69, 9.17) is 9.47 Å². The Morgan fingerprint density at radius 3 is 2.51 bits per heavy atom. The Morgan fingerprint density at radius 1 is 0.976 bits per heavy atom. The van der Waals surface area contributed by atoms with Crippen LogP contribution in [0.25, 0.3) is 0 Å². The fourth-order valence-corrected chi connectivity index (χ4v) is 6.68. The van der Waals surface area contributed by atoms with Crippen molar-refractivity contribution in [3.05, 3.63) is 108 Å². The van der Waals surface area contributed by atoms with Crippen LogP contribution in [-0.4, -0.2) is 42.9 Å². The van der Waals surface area contributed by atoms with Crippen molar-refractivity contribution in [2.75, 3.05) is 31.2 Å². The molecule has 4 heteroatoms. The number of hydrogen-bond donors (Lipinski definition) is 0. The summed E-state index contributed by atoms with van der Waals surface area (Å²) in [5.74, 6) is 0. The second kappa shape index (κ2) is 12.3. The minimum atomic E-state index is -0.110. The van der Waals surface area contributed by atoms with E-state index in [1.54, 1.807) is 0 Å². The highest BCUT2D eigenvalue weighted by atomic mass is 16.7. The first-order valence-electron chi connectivity index (χ1n) is 15.3. The van der Waals surface area contributed by atoms with Crippen molar-refractivity contribution >= 4 is 17.1 Å². The molecule has 0 atom stereocenters. The van der Waals surface area contributed by atoms with Crippen LogP contribution in [0.2, 0.25) is 0 Å². The van der Waals surface area contributed by atoms with Crippen molar-refractivity contribution in [1.29, 1.82) is 0 Å². The van der Waals surface area contributed by atoms with Gasteiger partial charge in [-0.2, -0.15) is 4.58 Å². The zero-order valence-corrected chi connectivity index (χ0v) is 25.7. The SMILES string of the molecule is C=CCCN1/C(=C/C=C/C=C/C2=[N+](CCC3OCCO3)c3ccc(CCC)cc3C2(C)C)C(C)(C)c2ccccc21. The van der Waals surface area contributed by atoms with Crippen LogP contribution < -0.4 is 4.90 Å². The molecular formula is C37H47N2O2+. The first-order valence-corrected chi connectivity index (χ1v) is 15.3. The molecule has 4 nitrogen and oxygen atoms in total. The van der Waals surface area contributed by atoms with Crippen LogP contribution in [0.3, 0.4) is 0 Å². The second-order valence-electron chi connectivity index (χ2n) is 12.4. The Labute approximate surface area is 247 Å². The van der Waals surface area contributed by atoms with Crippen molar-refractivity contribution in [3.63, 3.8) is 0 Å². The van der Waals surface area contributed by atoms with E-state index in [0.717, 1.165) is 38.8 Å². The third-order valence-corrected chi connectivity index (χ3v) is 8.86. The van der Waals surface area contributed by atoms with E-state index in [1.807, 2.05) is 6.08 Å². The molecule has 1 fully saturated rings. The van der Waals surface area contributed by atoms with E-state index < -0.39 is 0 Å². The number of hydrogen-bond acceptors (Lipinski definition) is 3. The van der Waals surface area contributed by atoms with Crippen LogP contribution in [0, 0.1) is 0 Å². The minimum absolute atomic E-state index is 0.0486. The fraction of sp³-hybridized carbons (Fsp3) is 0.432. The van der Waals surface area contributed by atoms with Crippen molar-refractivity contribution in [2.24, 2.45) is 0 Å². The summed E-state index contributed by atoms with van der Waals surface area (Å²) in [7, 11) is 0. The molecule has 3 aliphatic heterocycles. The van der Waals surface area contributed by atoms with Crippen LogP contribution in [0.1, 0.15) is 70.6 Å². The lowest BCUT2D eigenvalue weighted by molar-refractivity contribution is -0.442. The summed E-state index contributed by atoms with van der Waals surface area (Å²) < 4.78 is 14.0. The first-order chi connectivity index (χ1) is 19.8. The van der Waals surface area contributed by atoms with Gasteiger partial charge in [0.2, 0.25) is 5.69 Å². The predicted molar refractivity (Wildman–Crippen MR) is 172 cm³/mol. The lowest BCUT2D eigenvalue weighted by Crippen LogP contribution is -2.28. The van der Waals surface area contributed by atoms with E-state index in [-0.39, 0.29) is 17.1 Å². The molecule has 1 saturated heterocycles. The van der Waals surface area contributed by atoms with Gasteiger partial charge in [-0.25, -0.2) is 0 Å². The Kier molecular flexibility index (Phi) is 8.82. The number of allylic oxidation sites excluding steroid dienone is 6. The van der Waals surface area contributed by atoms with Gasteiger partial charge < -0.3 is 14.4 Å². The first kappa shape index (κ1) is 29.3. The number of nitrogens with zero attached hydrogens (tertiary/aromatic N) is 2. The van der Waals surface area contributed by atoms with Gasteiger partial charge in [0, 0.05) is 41.1 Å². The van der Waals surface area contributed by atoms with Crippen molar-refractivity contribution in [2.45, 2.75) is 77.4 Å². The summed E-state index contributed by atoms with van der Waals surface area (Å²) in [5, 5.41) is 0. The van der Waals surface area contributed by atoms with Gasteiger partial charge in [0.1, 0.15) is 0 Å². The lowest BCUT2D eigenvalue weighted by atomic mass is 9.80. The van der Waals surface area contributed by atoms with E-state index in [9.17, 15) is 0 Å². The molecule has 0 unspecified atom stereocenters. The maximum atomic E-state index is 5.77. The zero-order valence-electron chi connectivity index (χ0n) is 25.7. The second-order valence-corrected chi connectivity index (χ2v) is 12.4. The van der Waals surface area contributed by atoms with Gasteiger partial charge in [0.15, 0.2) is 18.5 Å². The molecule has 216 valence electrons. The third-order valence-electron chi connectivity index (χ3n) is 8.86. The summed E-state index contributed by atoms with van der Waals surface area (Å²) in [6.45, 7) is 18.7. The summed E-state index contributed by atoms with van der Waals surface area (Å²) in [4.78, 5) is 2.46. The molecule has 0 saturated carbocycles. The number of rotatable bonds is 11. The average molecular weight is 552 g/mol. The minimum Gasteiger partial charge on any atom is -0.350 e. The predicted octanol–water partition coefficient (Wildman–Crippen LogP) is 8.15. The van der Waals surface area contributed by atoms with Crippen molar-refractivity contribution < 1.29 is 14.0 Å². The normalized spacial score (nSPS) is 20.6. The van der Waals surface area contributed by atoms with E-state index in [0.29, 0.717) is 13.2 Å². The molecule has 2 aromatic rings. The van der Waals surface area contributed by atoms with Crippen LogP contribution in [0.15, 0.2) is 91.2 Å². The van der Waals surface area contributed by atoms with E-state index in [1.165, 1.54) is 39.5 Å². The Hall–Kier alpha value is -3.21. The summed E-state index contributed by atoms with van der Waals surface area (Å²) >= 11 is 0. The van der Waals surface area contributed by atoms with Gasteiger partial charge in [0.05, 0.1) is 25.0 Å². The number of fused-ring (bicyclic) bond motifs is 2. The third kappa shape index (κ3) is 5.78. The van der Waals surface area contributed by atoms with E-state index in [2.05, 4.69) is 124 Å². The van der Waals surface area contributed by atoms with E-state index >= 15 is 0 Å². The standard InChI is InChI=1S/C37H47N2O2/c1-7-9-23-38-31-17-14-13-16-29(31)36(3,4)33(38)18-11-10-12-19-34-37(5,6)30-27-28(15-8-2)20-21-32(30)39(34)24-22-35-40-25-26-41-35/h7,10-14,16-21,27,35H,1,8-9,15,22-26H2,2-6H3/q+1. The van der Waals surface area contributed by atoms with Gasteiger partial charge in [-0.3, -0.25) is 0 Å². The van der Waals surface area contributed by atoms with Gasteiger partial charge in [-0.1, -0.05) is 75.8 Å². The van der Waals surface area contributed by atoms with Crippen LogP contribution >= 0.6 is 0 Å². The molecular weight excluding hydrogens is 504 g/mol. The maximum absolute atomic E-state index is 5.77. The highest BCUT2D eigenvalue weighted by Crippen LogP contribution is 2.47. The van der Waals surface area contributed by atoms with Crippen molar-refractivity contribution in [3.8, 4) is 0 Å². The number of anilines is 1. The molecule has 0 radical (unpaired) electrons. The van der Waals surface area contributed by atoms with Gasteiger partial charge in [-0.15, -0.1) is 6.58 Å². The molecule has 3 heterocycles. The van der Waals surface area contributed by atoms with Crippen molar-refractivity contribution in [1.82, 2.24) is 0 Å². The molecule has 0 aliphatic carbocycles. The number of ether oxygens (including phenoxy) is 2. The number of para-hydroxylation sites is 1. The van der Waals surface area contributed by atoms with Crippen LogP contribution in [0.5, 0.6) is 0 Å². The lowest BCUT2D eigenvalue weighted by Gasteiger charge is -2.26. The molecule has 0 amide bonds. The number of aryl methyl sites for hydroxylation is 1. The smallest absolute Gasteiger partial charge is 0.209 e.